The molecule has 3 nitrogen and oxygen atoms in total. The second kappa shape index (κ2) is 6.55. The lowest BCUT2D eigenvalue weighted by Gasteiger charge is -2.17. The van der Waals surface area contributed by atoms with Gasteiger partial charge < -0.3 is 10.6 Å². The second-order valence-corrected chi connectivity index (χ2v) is 4.16. The lowest BCUT2D eigenvalue weighted by molar-refractivity contribution is 0.720. The molecule has 0 bridgehead atoms. The number of hydrogen-bond donors (Lipinski definition) is 3. The summed E-state index contributed by atoms with van der Waals surface area (Å²) in [7, 11) is 0. The van der Waals surface area contributed by atoms with Gasteiger partial charge in [-0.2, -0.15) is 12.6 Å². The van der Waals surface area contributed by atoms with E-state index in [-0.39, 0.29) is 0 Å². The maximum atomic E-state index is 4.29. The summed E-state index contributed by atoms with van der Waals surface area (Å²) in [4.78, 5) is 4.29. The minimum absolute atomic E-state index is 0.755. The van der Waals surface area contributed by atoms with Gasteiger partial charge in [-0.1, -0.05) is 13.2 Å². The van der Waals surface area contributed by atoms with Gasteiger partial charge >= 0.3 is 0 Å². The Morgan fingerprint density at radius 2 is 2.38 bits per heavy atom. The van der Waals surface area contributed by atoms with Crippen molar-refractivity contribution in [2.24, 2.45) is 4.99 Å². The van der Waals surface area contributed by atoms with Gasteiger partial charge in [0, 0.05) is 12.2 Å². The Hall–Kier alpha value is -1.00. The van der Waals surface area contributed by atoms with Crippen LogP contribution in [0.25, 0.3) is 0 Å². The molecule has 0 aromatic rings. The zero-order valence-corrected chi connectivity index (χ0v) is 10.6. The minimum Gasteiger partial charge on any atom is -0.347 e. The van der Waals surface area contributed by atoms with Crippen LogP contribution >= 0.6 is 12.6 Å². The fraction of sp³-hybridized carbons (Fsp3) is 0.417. The number of thiol groups is 1. The highest BCUT2D eigenvalue weighted by molar-refractivity contribution is 7.80. The Morgan fingerprint density at radius 3 is 3.06 bits per heavy atom. The van der Waals surface area contributed by atoms with E-state index >= 15 is 0 Å². The number of allylic oxidation sites excluding steroid dienone is 1. The van der Waals surface area contributed by atoms with Gasteiger partial charge in [-0.15, -0.1) is 0 Å². The van der Waals surface area contributed by atoms with Crippen LogP contribution in [-0.2, 0) is 0 Å². The summed E-state index contributed by atoms with van der Waals surface area (Å²) in [5.41, 5.74) is 3.88. The molecule has 0 spiro atoms. The van der Waals surface area contributed by atoms with Crippen molar-refractivity contribution in [3.63, 3.8) is 0 Å². The summed E-state index contributed by atoms with van der Waals surface area (Å²) in [5, 5.41) is 6.29. The third-order valence-electron chi connectivity index (χ3n) is 2.43. The first-order chi connectivity index (χ1) is 7.66. The van der Waals surface area contributed by atoms with Crippen molar-refractivity contribution in [2.75, 3.05) is 18.8 Å². The molecule has 0 aliphatic carbocycles. The molecule has 16 heavy (non-hydrogen) atoms. The Kier molecular flexibility index (Phi) is 5.35. The van der Waals surface area contributed by atoms with E-state index in [9.17, 15) is 0 Å². The molecule has 0 atom stereocenters. The molecule has 0 fully saturated rings. The molecule has 0 aromatic carbocycles. The highest BCUT2D eigenvalue weighted by Crippen LogP contribution is 2.20. The van der Waals surface area contributed by atoms with Crippen molar-refractivity contribution >= 4 is 19.0 Å². The summed E-state index contributed by atoms with van der Waals surface area (Å²) in [5.74, 6) is 0.903. The van der Waals surface area contributed by atoms with Crippen LogP contribution < -0.4 is 10.6 Å². The van der Waals surface area contributed by atoms with Gasteiger partial charge in [-0.05, 0) is 36.8 Å². The number of rotatable bonds is 6. The third kappa shape index (κ3) is 3.54. The SMILES string of the molecule is C=C(CNCCCS)C1=C(C)C(=C)NC=N1. The monoisotopic (exact) mass is 237 g/mol. The van der Waals surface area contributed by atoms with Crippen molar-refractivity contribution in [2.45, 2.75) is 13.3 Å². The van der Waals surface area contributed by atoms with Gasteiger partial charge in [-0.3, -0.25) is 0 Å². The molecular formula is C12H19N3S. The van der Waals surface area contributed by atoms with Crippen molar-refractivity contribution in [1.82, 2.24) is 10.6 Å². The molecule has 0 radical (unpaired) electrons. The summed E-state index contributed by atoms with van der Waals surface area (Å²) in [6, 6.07) is 0. The van der Waals surface area contributed by atoms with Crippen molar-refractivity contribution in [3.05, 3.63) is 35.7 Å². The van der Waals surface area contributed by atoms with Gasteiger partial charge in [0.1, 0.15) is 0 Å². The fourth-order valence-corrected chi connectivity index (χ4v) is 1.56. The number of nitrogens with zero attached hydrogens (tertiary/aromatic N) is 1. The van der Waals surface area contributed by atoms with Gasteiger partial charge in [0.15, 0.2) is 0 Å². The van der Waals surface area contributed by atoms with Gasteiger partial charge in [0.05, 0.1) is 12.0 Å². The van der Waals surface area contributed by atoms with Crippen LogP contribution in [0.5, 0.6) is 0 Å². The number of hydrogen-bond acceptors (Lipinski definition) is 4. The summed E-state index contributed by atoms with van der Waals surface area (Å²) >= 11 is 4.16. The summed E-state index contributed by atoms with van der Waals surface area (Å²) < 4.78 is 0. The molecule has 1 aliphatic rings. The maximum absolute atomic E-state index is 4.29. The molecule has 4 heteroatoms. The Labute approximate surface area is 103 Å². The third-order valence-corrected chi connectivity index (χ3v) is 2.74. The lowest BCUT2D eigenvalue weighted by Crippen LogP contribution is -2.22. The summed E-state index contributed by atoms with van der Waals surface area (Å²) in [6.07, 6.45) is 2.72. The highest BCUT2D eigenvalue weighted by atomic mass is 32.1. The Bertz CT molecular complexity index is 342. The zero-order valence-electron chi connectivity index (χ0n) is 9.71. The molecule has 0 saturated carbocycles. The first-order valence-electron chi connectivity index (χ1n) is 5.35. The average Bonchev–Trinajstić information content (AvgIpc) is 2.28. The molecule has 1 aliphatic heterocycles. The molecule has 88 valence electrons. The van der Waals surface area contributed by atoms with E-state index in [2.05, 4.69) is 41.4 Å². The quantitative estimate of drug-likeness (QED) is 0.487. The highest BCUT2D eigenvalue weighted by Gasteiger charge is 2.11. The predicted octanol–water partition coefficient (Wildman–Crippen LogP) is 1.87. The molecule has 0 unspecified atom stereocenters. The molecule has 1 heterocycles. The van der Waals surface area contributed by atoms with E-state index in [4.69, 9.17) is 0 Å². The van der Waals surface area contributed by atoms with Crippen molar-refractivity contribution in [1.29, 1.82) is 0 Å². The van der Waals surface area contributed by atoms with Crippen LogP contribution in [0.2, 0.25) is 0 Å². The normalized spacial score (nSPS) is 15.2. The zero-order chi connectivity index (χ0) is 12.0. The topological polar surface area (TPSA) is 36.4 Å². The van der Waals surface area contributed by atoms with Crippen LogP contribution in [0.3, 0.4) is 0 Å². The van der Waals surface area contributed by atoms with E-state index in [1.54, 1.807) is 6.34 Å². The minimum atomic E-state index is 0.755. The summed E-state index contributed by atoms with van der Waals surface area (Å²) in [6.45, 7) is 11.7. The van der Waals surface area contributed by atoms with Crippen LogP contribution in [0.1, 0.15) is 13.3 Å². The van der Waals surface area contributed by atoms with Crippen LogP contribution in [0, 0.1) is 0 Å². The van der Waals surface area contributed by atoms with E-state index in [1.807, 2.05) is 6.92 Å². The first-order valence-corrected chi connectivity index (χ1v) is 5.99. The van der Waals surface area contributed by atoms with E-state index < -0.39 is 0 Å². The van der Waals surface area contributed by atoms with Gasteiger partial charge in [-0.25, -0.2) is 4.99 Å². The smallest absolute Gasteiger partial charge is 0.0930 e. The molecule has 0 aromatic heterocycles. The fourth-order valence-electron chi connectivity index (χ4n) is 1.41. The predicted molar refractivity (Wildman–Crippen MR) is 73.9 cm³/mol. The Balaban J connectivity index is 2.50. The van der Waals surface area contributed by atoms with Crippen molar-refractivity contribution in [3.8, 4) is 0 Å². The first kappa shape index (κ1) is 13.1. The number of aliphatic imine (C=N–C) groups is 1. The van der Waals surface area contributed by atoms with E-state index in [0.717, 1.165) is 47.8 Å². The van der Waals surface area contributed by atoms with Crippen LogP contribution in [-0.4, -0.2) is 25.2 Å². The standard InChI is InChI=1S/C12H19N3S/c1-9(7-13-5-4-6-16)12-10(2)11(3)14-8-15-12/h8,13,16H,1,3-7H2,2H3,(H,14,15). The molecule has 2 N–H and O–H groups in total. The number of nitrogens with one attached hydrogen (secondary N) is 2. The molecular weight excluding hydrogens is 218 g/mol. The average molecular weight is 237 g/mol. The van der Waals surface area contributed by atoms with Crippen LogP contribution in [0.4, 0.5) is 0 Å². The Morgan fingerprint density at radius 1 is 1.62 bits per heavy atom. The van der Waals surface area contributed by atoms with Gasteiger partial charge in [0.25, 0.3) is 0 Å². The second-order valence-electron chi connectivity index (χ2n) is 3.71. The molecule has 0 saturated heterocycles. The molecule has 1 rings (SSSR count). The van der Waals surface area contributed by atoms with E-state index in [0.29, 0.717) is 0 Å². The van der Waals surface area contributed by atoms with Gasteiger partial charge in [0.2, 0.25) is 0 Å². The largest absolute Gasteiger partial charge is 0.347 e. The van der Waals surface area contributed by atoms with Crippen LogP contribution in [0.15, 0.2) is 40.7 Å². The van der Waals surface area contributed by atoms with Crippen molar-refractivity contribution < 1.29 is 0 Å². The van der Waals surface area contributed by atoms with E-state index in [1.165, 1.54) is 0 Å². The molecule has 0 amide bonds. The maximum Gasteiger partial charge on any atom is 0.0930 e. The lowest BCUT2D eigenvalue weighted by atomic mass is 10.1.